The molecule has 0 aliphatic heterocycles. The van der Waals surface area contributed by atoms with Crippen molar-refractivity contribution in [1.29, 1.82) is 0 Å². The molecule has 2 aromatic rings. The van der Waals surface area contributed by atoms with Gasteiger partial charge in [0, 0.05) is 6.07 Å². The Labute approximate surface area is 102 Å². The van der Waals surface area contributed by atoms with Crippen LogP contribution in [0.15, 0.2) is 42.5 Å². The minimum atomic E-state index is -0.614. The summed E-state index contributed by atoms with van der Waals surface area (Å²) in [4.78, 5) is 21.2. The number of halogens is 1. The fraction of sp³-hybridized carbons (Fsp3) is 0. The van der Waals surface area contributed by atoms with E-state index in [0.717, 1.165) is 0 Å². The quantitative estimate of drug-likeness (QED) is 0.474. The zero-order valence-corrected chi connectivity index (χ0v) is 9.17. The number of carbonyl (C=O) groups is 1. The second kappa shape index (κ2) is 4.75. The molecule has 18 heavy (non-hydrogen) atoms. The molecule has 2 aromatic carbocycles. The topological polar surface area (TPSA) is 60.2 Å². The van der Waals surface area contributed by atoms with Gasteiger partial charge >= 0.3 is 0 Å². The van der Waals surface area contributed by atoms with Crippen molar-refractivity contribution >= 4 is 12.0 Å². The van der Waals surface area contributed by atoms with Gasteiger partial charge in [0.05, 0.1) is 10.5 Å². The summed E-state index contributed by atoms with van der Waals surface area (Å²) >= 11 is 0. The summed E-state index contributed by atoms with van der Waals surface area (Å²) in [5.74, 6) is -0.406. The van der Waals surface area contributed by atoms with Gasteiger partial charge in [-0.05, 0) is 23.3 Å². The van der Waals surface area contributed by atoms with E-state index in [4.69, 9.17) is 0 Å². The van der Waals surface area contributed by atoms with Crippen LogP contribution >= 0.6 is 0 Å². The number of rotatable bonds is 3. The maximum atomic E-state index is 12.8. The summed E-state index contributed by atoms with van der Waals surface area (Å²) in [5.41, 5.74) is 0.710. The zero-order valence-electron chi connectivity index (χ0n) is 9.17. The number of nitro groups is 1. The third-order valence-electron chi connectivity index (χ3n) is 2.55. The number of benzene rings is 2. The molecule has 0 radical (unpaired) electrons. The van der Waals surface area contributed by atoms with Crippen LogP contribution in [0.1, 0.15) is 10.4 Å². The number of hydrogen-bond acceptors (Lipinski definition) is 3. The van der Waals surface area contributed by atoms with Crippen LogP contribution in [0, 0.1) is 15.9 Å². The average Bonchev–Trinajstić information content (AvgIpc) is 2.38. The fourth-order valence-corrected chi connectivity index (χ4v) is 1.72. The average molecular weight is 245 g/mol. The van der Waals surface area contributed by atoms with E-state index in [1.165, 1.54) is 36.4 Å². The number of carbonyl (C=O) groups excluding carboxylic acids is 1. The van der Waals surface area contributed by atoms with Gasteiger partial charge in [-0.1, -0.05) is 24.3 Å². The normalized spacial score (nSPS) is 10.1. The summed E-state index contributed by atoms with van der Waals surface area (Å²) in [7, 11) is 0. The first-order valence-electron chi connectivity index (χ1n) is 5.12. The molecule has 4 nitrogen and oxygen atoms in total. The van der Waals surface area contributed by atoms with E-state index in [0.29, 0.717) is 17.4 Å². The first-order chi connectivity index (χ1) is 8.63. The molecule has 0 fully saturated rings. The molecule has 90 valence electrons. The number of nitro benzene ring substituents is 1. The van der Waals surface area contributed by atoms with Crippen LogP contribution in [-0.4, -0.2) is 11.2 Å². The van der Waals surface area contributed by atoms with Crippen LogP contribution in [0.25, 0.3) is 11.1 Å². The number of aldehydes is 1. The Morgan fingerprint density at radius 2 is 1.78 bits per heavy atom. The second-order valence-corrected chi connectivity index (χ2v) is 3.62. The van der Waals surface area contributed by atoms with Crippen LogP contribution in [0.4, 0.5) is 10.1 Å². The summed E-state index contributed by atoms with van der Waals surface area (Å²) in [5, 5.41) is 10.8. The molecule has 0 aliphatic rings. The van der Waals surface area contributed by atoms with Gasteiger partial charge in [-0.25, -0.2) is 4.39 Å². The van der Waals surface area contributed by atoms with Crippen molar-refractivity contribution in [1.82, 2.24) is 0 Å². The molecule has 0 saturated carbocycles. The van der Waals surface area contributed by atoms with Crippen LogP contribution in [-0.2, 0) is 0 Å². The molecular weight excluding hydrogens is 237 g/mol. The minimum Gasteiger partial charge on any atom is -0.298 e. The lowest BCUT2D eigenvalue weighted by Crippen LogP contribution is -1.96. The molecule has 0 unspecified atom stereocenters. The first kappa shape index (κ1) is 11.9. The van der Waals surface area contributed by atoms with Crippen LogP contribution in [0.2, 0.25) is 0 Å². The molecule has 2 rings (SSSR count). The predicted octanol–water partition coefficient (Wildman–Crippen LogP) is 3.21. The molecule has 5 heteroatoms. The Kier molecular flexibility index (Phi) is 3.14. The zero-order chi connectivity index (χ0) is 13.1. The Bertz CT molecular complexity index is 608. The van der Waals surface area contributed by atoms with E-state index < -0.39 is 10.7 Å². The minimum absolute atomic E-state index is 0.00546. The second-order valence-electron chi connectivity index (χ2n) is 3.62. The monoisotopic (exact) mass is 245 g/mol. The molecule has 0 amide bonds. The molecule has 0 aromatic heterocycles. The Morgan fingerprint density at radius 1 is 1.11 bits per heavy atom. The first-order valence-corrected chi connectivity index (χ1v) is 5.12. The third-order valence-corrected chi connectivity index (χ3v) is 2.55. The van der Waals surface area contributed by atoms with Gasteiger partial charge in [0.1, 0.15) is 5.82 Å². The van der Waals surface area contributed by atoms with Crippen LogP contribution in [0.5, 0.6) is 0 Å². The van der Waals surface area contributed by atoms with Gasteiger partial charge in [-0.15, -0.1) is 0 Å². The highest BCUT2D eigenvalue weighted by Gasteiger charge is 2.17. The molecule has 0 aliphatic carbocycles. The summed E-state index contributed by atoms with van der Waals surface area (Å²) < 4.78 is 12.8. The summed E-state index contributed by atoms with van der Waals surface area (Å²) in [6, 6.07) is 9.76. The van der Waals surface area contributed by atoms with Gasteiger partial charge < -0.3 is 0 Å². The molecule has 0 N–H and O–H groups in total. The standard InChI is InChI=1S/C13H8FNO3/c14-10-6-4-9(5-7-10)11-2-1-3-13(15(17)18)12(11)8-16/h1-8H. The number of nitrogens with zero attached hydrogens (tertiary/aromatic N) is 1. The summed E-state index contributed by atoms with van der Waals surface area (Å²) in [6.07, 6.45) is 0.441. The largest absolute Gasteiger partial charge is 0.298 e. The van der Waals surface area contributed by atoms with Crippen molar-refractivity contribution in [3.05, 3.63) is 64.0 Å². The molecule has 0 saturated heterocycles. The lowest BCUT2D eigenvalue weighted by molar-refractivity contribution is -0.385. The maximum Gasteiger partial charge on any atom is 0.280 e. The van der Waals surface area contributed by atoms with E-state index in [1.807, 2.05) is 0 Å². The lowest BCUT2D eigenvalue weighted by atomic mass is 9.99. The SMILES string of the molecule is O=Cc1c(-c2ccc(F)cc2)cccc1[N+](=O)[O-]. The highest BCUT2D eigenvalue weighted by molar-refractivity contribution is 5.92. The molecule has 0 bridgehead atoms. The molecular formula is C13H8FNO3. The van der Waals surface area contributed by atoms with Crippen LogP contribution < -0.4 is 0 Å². The molecule has 0 spiro atoms. The predicted molar refractivity (Wildman–Crippen MR) is 63.9 cm³/mol. The van der Waals surface area contributed by atoms with Crippen LogP contribution in [0.3, 0.4) is 0 Å². The van der Waals surface area contributed by atoms with Crippen molar-refractivity contribution in [3.63, 3.8) is 0 Å². The Balaban J connectivity index is 2.64. The van der Waals surface area contributed by atoms with E-state index in [9.17, 15) is 19.3 Å². The van der Waals surface area contributed by atoms with Crippen molar-refractivity contribution in [2.24, 2.45) is 0 Å². The van der Waals surface area contributed by atoms with E-state index in [-0.39, 0.29) is 11.3 Å². The van der Waals surface area contributed by atoms with Gasteiger partial charge in [-0.3, -0.25) is 14.9 Å². The molecule has 0 heterocycles. The van der Waals surface area contributed by atoms with E-state index in [2.05, 4.69) is 0 Å². The molecule has 0 atom stereocenters. The van der Waals surface area contributed by atoms with E-state index in [1.54, 1.807) is 6.07 Å². The van der Waals surface area contributed by atoms with Gasteiger partial charge in [-0.2, -0.15) is 0 Å². The number of hydrogen-bond donors (Lipinski definition) is 0. The lowest BCUT2D eigenvalue weighted by Gasteiger charge is -2.05. The van der Waals surface area contributed by atoms with Crippen molar-refractivity contribution in [2.75, 3.05) is 0 Å². The fourth-order valence-electron chi connectivity index (χ4n) is 1.72. The van der Waals surface area contributed by atoms with Gasteiger partial charge in [0.25, 0.3) is 5.69 Å². The highest BCUT2D eigenvalue weighted by atomic mass is 19.1. The van der Waals surface area contributed by atoms with Crippen molar-refractivity contribution < 1.29 is 14.1 Å². The van der Waals surface area contributed by atoms with Crippen molar-refractivity contribution in [2.45, 2.75) is 0 Å². The highest BCUT2D eigenvalue weighted by Crippen LogP contribution is 2.29. The van der Waals surface area contributed by atoms with Gasteiger partial charge in [0.2, 0.25) is 0 Å². The third kappa shape index (κ3) is 2.10. The Hall–Kier alpha value is -2.56. The smallest absolute Gasteiger partial charge is 0.280 e. The van der Waals surface area contributed by atoms with Gasteiger partial charge in [0.15, 0.2) is 6.29 Å². The Morgan fingerprint density at radius 3 is 2.33 bits per heavy atom. The van der Waals surface area contributed by atoms with E-state index >= 15 is 0 Å². The maximum absolute atomic E-state index is 12.8. The summed E-state index contributed by atoms with van der Waals surface area (Å²) in [6.45, 7) is 0. The van der Waals surface area contributed by atoms with Crippen molar-refractivity contribution in [3.8, 4) is 11.1 Å².